The van der Waals surface area contributed by atoms with Gasteiger partial charge in [-0.3, -0.25) is 9.78 Å². The number of nitrogens with zero attached hydrogens (tertiary/aromatic N) is 1. The van der Waals surface area contributed by atoms with Crippen LogP contribution in [0.25, 0.3) is 0 Å². The van der Waals surface area contributed by atoms with Gasteiger partial charge in [0, 0.05) is 24.2 Å². The molecule has 1 aromatic heterocycles. The van der Waals surface area contributed by atoms with Crippen molar-refractivity contribution in [2.45, 2.75) is 50.3 Å². The van der Waals surface area contributed by atoms with Crippen LogP contribution in [0.2, 0.25) is 5.02 Å². The topological polar surface area (TPSA) is 101 Å². The number of pyridine rings is 1. The fraction of sp³-hybridized carbons (Fsp3) is 0.296. The van der Waals surface area contributed by atoms with Gasteiger partial charge in [-0.1, -0.05) is 41.9 Å². The Kier molecular flexibility index (Phi) is 9.24. The van der Waals surface area contributed by atoms with Gasteiger partial charge in [-0.2, -0.15) is 17.6 Å². The Morgan fingerprint density at radius 1 is 1.05 bits per heavy atom. The lowest BCUT2D eigenvalue weighted by molar-refractivity contribution is -0.253. The molecule has 0 spiro atoms. The first-order valence-electron chi connectivity index (χ1n) is 11.8. The molecular formula is C27H25ClF5N3O4. The predicted molar refractivity (Wildman–Crippen MR) is 136 cm³/mol. The summed E-state index contributed by atoms with van der Waals surface area (Å²) in [5, 5.41) is 14.6. The molecule has 0 unspecified atom stereocenters. The van der Waals surface area contributed by atoms with Gasteiger partial charge in [-0.15, -0.1) is 0 Å². The lowest BCUT2D eigenvalue weighted by Gasteiger charge is -2.37. The number of halogens is 6. The van der Waals surface area contributed by atoms with Crippen LogP contribution in [0.1, 0.15) is 37.1 Å². The highest BCUT2D eigenvalue weighted by Crippen LogP contribution is 2.37. The number of carbonyl (C=O) groups is 2. The Morgan fingerprint density at radius 2 is 1.73 bits per heavy atom. The second-order valence-corrected chi connectivity index (χ2v) is 10.0. The van der Waals surface area contributed by atoms with E-state index in [1.807, 2.05) is 0 Å². The molecule has 0 saturated carbocycles. The number of aliphatic carboxylic acids is 1. The van der Waals surface area contributed by atoms with Gasteiger partial charge in [0.15, 0.2) is 0 Å². The van der Waals surface area contributed by atoms with E-state index in [-0.39, 0.29) is 22.7 Å². The highest BCUT2D eigenvalue weighted by molar-refractivity contribution is 6.30. The Hall–Kier alpha value is -3.93. The number of carboxylic acids is 1. The maximum atomic E-state index is 14.9. The summed E-state index contributed by atoms with van der Waals surface area (Å²) in [4.78, 5) is 28.9. The number of hydrogen-bond acceptors (Lipinski definition) is 4. The number of nitrogens with one attached hydrogen (secondary N) is 2. The molecule has 0 aliphatic carbocycles. The zero-order chi connectivity index (χ0) is 29.7. The summed E-state index contributed by atoms with van der Waals surface area (Å²) in [6.07, 6.45) is -8.48. The maximum absolute atomic E-state index is 14.9. The highest BCUT2D eigenvalue weighted by atomic mass is 35.5. The number of benzene rings is 2. The second-order valence-electron chi connectivity index (χ2n) is 9.60. The smallest absolute Gasteiger partial charge is 0.461 e. The van der Waals surface area contributed by atoms with Crippen LogP contribution in [-0.2, 0) is 16.8 Å². The molecule has 0 saturated heterocycles. The number of carbonyl (C=O) groups excluding carboxylic acids is 1. The number of urea groups is 1. The van der Waals surface area contributed by atoms with E-state index < -0.39 is 53.6 Å². The van der Waals surface area contributed by atoms with Crippen LogP contribution < -0.4 is 15.4 Å². The van der Waals surface area contributed by atoms with Crippen molar-refractivity contribution in [2.24, 2.45) is 0 Å². The molecule has 1 atom stereocenters. The molecule has 0 radical (unpaired) electrons. The van der Waals surface area contributed by atoms with E-state index in [1.54, 1.807) is 30.3 Å². The fourth-order valence-corrected chi connectivity index (χ4v) is 4.19. The van der Waals surface area contributed by atoms with Gasteiger partial charge in [0.05, 0.1) is 17.1 Å². The Morgan fingerprint density at radius 3 is 2.30 bits per heavy atom. The van der Waals surface area contributed by atoms with Crippen LogP contribution in [0.5, 0.6) is 5.75 Å². The van der Waals surface area contributed by atoms with Crippen LogP contribution in [-0.4, -0.2) is 40.2 Å². The average molecular weight is 586 g/mol. The summed E-state index contributed by atoms with van der Waals surface area (Å²) in [6, 6.07) is 12.7. The molecule has 3 aromatic rings. The second kappa shape index (κ2) is 12.1. The van der Waals surface area contributed by atoms with Crippen LogP contribution in [0.4, 0.5) is 26.7 Å². The molecule has 0 bridgehead atoms. The minimum absolute atomic E-state index is 0.0733. The first kappa shape index (κ1) is 30.6. The van der Waals surface area contributed by atoms with Gasteiger partial charge in [0.25, 0.3) is 0 Å². The average Bonchev–Trinajstić information content (AvgIpc) is 2.82. The lowest BCUT2D eigenvalue weighted by Crippen LogP contribution is -2.57. The summed E-state index contributed by atoms with van der Waals surface area (Å²) in [6.45, 7) is 2.92. The van der Waals surface area contributed by atoms with Crippen LogP contribution in [0.3, 0.4) is 0 Å². The van der Waals surface area contributed by atoms with Gasteiger partial charge in [0.2, 0.25) is 0 Å². The Labute approximate surface area is 231 Å². The largest absolute Gasteiger partial charge is 0.481 e. The zero-order valence-electron chi connectivity index (χ0n) is 21.2. The summed E-state index contributed by atoms with van der Waals surface area (Å²) in [5.74, 6) is -3.25. The number of carboxylic acid groups (broad SMARTS) is 1. The van der Waals surface area contributed by atoms with Crippen molar-refractivity contribution in [3.05, 3.63) is 94.5 Å². The third kappa shape index (κ3) is 7.81. The minimum atomic E-state index is -4.93. The molecule has 1 heterocycles. The maximum Gasteiger partial charge on any atom is 0.461 e. The van der Waals surface area contributed by atoms with E-state index in [4.69, 9.17) is 11.6 Å². The Bertz CT molecular complexity index is 1340. The van der Waals surface area contributed by atoms with Gasteiger partial charge < -0.3 is 20.5 Å². The summed E-state index contributed by atoms with van der Waals surface area (Å²) < 4.78 is 72.2. The first-order valence-corrected chi connectivity index (χ1v) is 12.1. The van der Waals surface area contributed by atoms with Crippen LogP contribution in [0, 0.1) is 5.82 Å². The molecule has 0 fully saturated rings. The van der Waals surface area contributed by atoms with Crippen LogP contribution in [0.15, 0.2) is 66.9 Å². The van der Waals surface area contributed by atoms with Crippen molar-refractivity contribution in [2.75, 3.05) is 0 Å². The van der Waals surface area contributed by atoms with E-state index in [1.165, 1.54) is 32.2 Å². The molecule has 0 aliphatic heterocycles. The van der Waals surface area contributed by atoms with Gasteiger partial charge in [-0.25, -0.2) is 9.18 Å². The molecule has 3 rings (SSSR count). The van der Waals surface area contributed by atoms with Crippen molar-refractivity contribution in [1.29, 1.82) is 0 Å². The summed E-state index contributed by atoms with van der Waals surface area (Å²) in [7, 11) is 0. The third-order valence-corrected chi connectivity index (χ3v) is 5.94. The van der Waals surface area contributed by atoms with Crippen molar-refractivity contribution >= 4 is 23.6 Å². The molecule has 2 aromatic carbocycles. The van der Waals surface area contributed by atoms with Crippen molar-refractivity contribution in [3.8, 4) is 5.75 Å². The SMILES string of the molecule is CC(C)(CC(=O)O)NC(=O)N[C@@](Cc1ccccc1)(c1cc(F)cc(OC(F)(F)C(F)F)c1)c1ccc(Cl)cn1. The number of aromatic nitrogens is 1. The normalized spacial score (nSPS) is 13.4. The summed E-state index contributed by atoms with van der Waals surface area (Å²) in [5.41, 5.74) is -2.61. The predicted octanol–water partition coefficient (Wildman–Crippen LogP) is 6.15. The molecule has 13 heteroatoms. The van der Waals surface area contributed by atoms with Crippen molar-refractivity contribution in [1.82, 2.24) is 15.6 Å². The number of alkyl halides is 4. The minimum Gasteiger partial charge on any atom is -0.481 e. The number of amides is 2. The lowest BCUT2D eigenvalue weighted by atomic mass is 9.80. The zero-order valence-corrected chi connectivity index (χ0v) is 22.0. The molecular weight excluding hydrogens is 561 g/mol. The molecule has 7 nitrogen and oxygen atoms in total. The van der Waals surface area contributed by atoms with Crippen molar-refractivity contribution in [3.63, 3.8) is 0 Å². The van der Waals surface area contributed by atoms with E-state index in [0.717, 1.165) is 12.1 Å². The van der Waals surface area contributed by atoms with E-state index in [9.17, 15) is 36.6 Å². The number of rotatable bonds is 11. The van der Waals surface area contributed by atoms with E-state index in [0.29, 0.717) is 11.6 Å². The molecule has 3 N–H and O–H groups in total. The standard InChI is InChI=1S/C27H25ClF5N3O4/c1-25(2,14-22(37)38)35-24(39)36-26(13-16-6-4-3-5-7-16,21-9-8-18(28)15-34-21)17-10-19(29)12-20(11-17)40-27(32,33)23(30)31/h3-12,15,23H,13-14H2,1-2H3,(H,37,38)(H2,35,36,39)/t26-/m0/s1. The molecule has 0 aliphatic rings. The van der Waals surface area contributed by atoms with Gasteiger partial charge >= 0.3 is 24.5 Å². The number of hydrogen-bond donors (Lipinski definition) is 3. The monoisotopic (exact) mass is 585 g/mol. The molecule has 214 valence electrons. The number of ether oxygens (including phenoxy) is 1. The summed E-state index contributed by atoms with van der Waals surface area (Å²) >= 11 is 6.01. The third-order valence-electron chi connectivity index (χ3n) is 5.72. The molecule has 2 amide bonds. The Balaban J connectivity index is 2.23. The quantitative estimate of drug-likeness (QED) is 0.234. The highest BCUT2D eigenvalue weighted by Gasteiger charge is 2.45. The van der Waals surface area contributed by atoms with Gasteiger partial charge in [-0.05, 0) is 49.2 Å². The van der Waals surface area contributed by atoms with Crippen LogP contribution >= 0.6 is 11.6 Å². The first-order chi connectivity index (χ1) is 18.6. The van der Waals surface area contributed by atoms with E-state index in [2.05, 4.69) is 20.4 Å². The molecule has 40 heavy (non-hydrogen) atoms. The van der Waals surface area contributed by atoms with Gasteiger partial charge in [0.1, 0.15) is 17.1 Å². The fourth-order valence-electron chi connectivity index (χ4n) is 4.08. The van der Waals surface area contributed by atoms with E-state index >= 15 is 0 Å². The van der Waals surface area contributed by atoms with Crippen molar-refractivity contribution < 1.29 is 41.4 Å².